The second kappa shape index (κ2) is 6.12. The van der Waals surface area contributed by atoms with Crippen LogP contribution >= 0.6 is 0 Å². The van der Waals surface area contributed by atoms with Crippen molar-refractivity contribution in [2.24, 2.45) is 0 Å². The summed E-state index contributed by atoms with van der Waals surface area (Å²) in [5.74, 6) is -0.559. The topological polar surface area (TPSA) is 55.1 Å². The summed E-state index contributed by atoms with van der Waals surface area (Å²) in [7, 11) is 0. The molecule has 1 fully saturated rings. The summed E-state index contributed by atoms with van der Waals surface area (Å²) < 4.78 is 1.77. The quantitative estimate of drug-likeness (QED) is 0.931. The lowest BCUT2D eigenvalue weighted by molar-refractivity contribution is 0.0694. The first-order valence-electron chi connectivity index (χ1n) is 7.58. The van der Waals surface area contributed by atoms with Crippen LogP contribution in [0.3, 0.4) is 0 Å². The first-order chi connectivity index (χ1) is 10.2. The highest BCUT2D eigenvalue weighted by Crippen LogP contribution is 2.33. The first kappa shape index (κ1) is 13.9. The molecule has 1 aliphatic rings. The predicted octanol–water partition coefficient (Wildman–Crippen LogP) is 3.68. The van der Waals surface area contributed by atoms with E-state index in [2.05, 4.69) is 5.10 Å². The van der Waals surface area contributed by atoms with Crippen molar-refractivity contribution in [2.75, 3.05) is 0 Å². The Kier molecular flexibility index (Phi) is 4.04. The molecule has 1 aromatic carbocycles. The Labute approximate surface area is 124 Å². The molecule has 0 saturated heterocycles. The van der Waals surface area contributed by atoms with E-state index in [9.17, 15) is 9.90 Å². The van der Waals surface area contributed by atoms with E-state index in [1.165, 1.54) is 19.3 Å². The number of nitrogens with zero attached hydrogens (tertiary/aromatic N) is 2. The standard InChI is InChI=1S/C17H20N2O2/c20-17(21)15-12-19(11-13-7-3-1-4-8-13)18-16(15)14-9-5-2-6-10-14/h1,3-4,7-8,12,14H,2,5-6,9-11H2,(H,20,21). The normalized spacial score (nSPS) is 16.0. The van der Waals surface area contributed by atoms with Gasteiger partial charge < -0.3 is 5.11 Å². The van der Waals surface area contributed by atoms with Gasteiger partial charge in [0.25, 0.3) is 0 Å². The number of aromatic nitrogens is 2. The molecule has 1 saturated carbocycles. The zero-order chi connectivity index (χ0) is 14.7. The van der Waals surface area contributed by atoms with Crippen molar-refractivity contribution in [1.29, 1.82) is 0 Å². The van der Waals surface area contributed by atoms with E-state index in [-0.39, 0.29) is 0 Å². The zero-order valence-corrected chi connectivity index (χ0v) is 12.0. The molecule has 0 aliphatic heterocycles. The highest BCUT2D eigenvalue weighted by atomic mass is 16.4. The van der Waals surface area contributed by atoms with E-state index < -0.39 is 5.97 Å². The van der Waals surface area contributed by atoms with Crippen molar-refractivity contribution in [2.45, 2.75) is 44.6 Å². The van der Waals surface area contributed by atoms with Crippen LogP contribution in [-0.4, -0.2) is 20.9 Å². The molecule has 0 radical (unpaired) electrons. The number of aromatic carboxylic acids is 1. The average Bonchev–Trinajstić information content (AvgIpc) is 2.93. The molecule has 0 bridgehead atoms. The Bertz CT molecular complexity index is 613. The Morgan fingerprint density at radius 2 is 1.90 bits per heavy atom. The van der Waals surface area contributed by atoms with Gasteiger partial charge in [0.1, 0.15) is 5.56 Å². The van der Waals surface area contributed by atoms with Gasteiger partial charge in [-0.25, -0.2) is 4.79 Å². The van der Waals surface area contributed by atoms with E-state index in [0.717, 1.165) is 24.1 Å². The summed E-state index contributed by atoms with van der Waals surface area (Å²) in [6.45, 7) is 0.619. The molecule has 0 amide bonds. The number of carboxylic acids is 1. The number of hydrogen-bond donors (Lipinski definition) is 1. The van der Waals surface area contributed by atoms with Gasteiger partial charge in [0, 0.05) is 12.1 Å². The minimum absolute atomic E-state index is 0.307. The summed E-state index contributed by atoms with van der Waals surface area (Å²) in [4.78, 5) is 11.5. The number of rotatable bonds is 4. The first-order valence-corrected chi connectivity index (χ1v) is 7.58. The van der Waals surface area contributed by atoms with Crippen LogP contribution in [0.15, 0.2) is 36.5 Å². The van der Waals surface area contributed by atoms with Crippen LogP contribution in [-0.2, 0) is 6.54 Å². The molecule has 2 aromatic rings. The van der Waals surface area contributed by atoms with Gasteiger partial charge >= 0.3 is 5.97 Å². The molecular formula is C17H20N2O2. The fraction of sp³-hybridized carbons (Fsp3) is 0.412. The van der Waals surface area contributed by atoms with Crippen LogP contribution in [0.25, 0.3) is 0 Å². The molecule has 110 valence electrons. The van der Waals surface area contributed by atoms with Crippen molar-refractivity contribution >= 4 is 5.97 Å². The molecular weight excluding hydrogens is 264 g/mol. The Morgan fingerprint density at radius 1 is 1.19 bits per heavy atom. The van der Waals surface area contributed by atoms with Gasteiger partial charge in [-0.3, -0.25) is 4.68 Å². The van der Waals surface area contributed by atoms with Crippen LogP contribution in [0, 0.1) is 0 Å². The van der Waals surface area contributed by atoms with Crippen molar-refractivity contribution in [3.8, 4) is 0 Å². The summed E-state index contributed by atoms with van der Waals surface area (Å²) in [6.07, 6.45) is 7.40. The van der Waals surface area contributed by atoms with Crippen LogP contribution in [0.2, 0.25) is 0 Å². The molecule has 0 unspecified atom stereocenters. The van der Waals surface area contributed by atoms with Crippen LogP contribution in [0.4, 0.5) is 0 Å². The van der Waals surface area contributed by atoms with Gasteiger partial charge in [0.2, 0.25) is 0 Å². The molecule has 0 atom stereocenters. The van der Waals surface area contributed by atoms with Crippen LogP contribution in [0.5, 0.6) is 0 Å². The molecule has 4 nitrogen and oxygen atoms in total. The fourth-order valence-corrected chi connectivity index (χ4v) is 3.13. The smallest absolute Gasteiger partial charge is 0.339 e. The summed E-state index contributed by atoms with van der Waals surface area (Å²) in [6, 6.07) is 10.0. The van der Waals surface area contributed by atoms with Gasteiger partial charge in [-0.2, -0.15) is 5.10 Å². The molecule has 1 N–H and O–H groups in total. The van der Waals surface area contributed by atoms with Crippen molar-refractivity contribution < 1.29 is 9.90 Å². The van der Waals surface area contributed by atoms with Gasteiger partial charge in [-0.15, -0.1) is 0 Å². The monoisotopic (exact) mass is 284 g/mol. The molecule has 1 aromatic heterocycles. The number of benzene rings is 1. The van der Waals surface area contributed by atoms with Crippen molar-refractivity contribution in [1.82, 2.24) is 9.78 Å². The van der Waals surface area contributed by atoms with E-state index in [1.807, 2.05) is 30.3 Å². The highest BCUT2D eigenvalue weighted by Gasteiger charge is 2.25. The SMILES string of the molecule is O=C(O)c1cn(Cc2ccccc2)nc1C1CCCCC1. The Balaban J connectivity index is 1.87. The minimum atomic E-state index is -0.866. The Hall–Kier alpha value is -2.10. The molecule has 1 heterocycles. The average molecular weight is 284 g/mol. The summed E-state index contributed by atoms with van der Waals surface area (Å²) in [5.41, 5.74) is 2.28. The third-order valence-corrected chi connectivity index (χ3v) is 4.20. The predicted molar refractivity (Wildman–Crippen MR) is 80.6 cm³/mol. The summed E-state index contributed by atoms with van der Waals surface area (Å²) in [5, 5.41) is 14.0. The lowest BCUT2D eigenvalue weighted by Gasteiger charge is -2.20. The van der Waals surface area contributed by atoms with Crippen molar-refractivity contribution in [3.63, 3.8) is 0 Å². The van der Waals surface area contributed by atoms with Gasteiger partial charge in [0.05, 0.1) is 12.2 Å². The second-order valence-corrected chi connectivity index (χ2v) is 5.75. The van der Waals surface area contributed by atoms with Crippen LogP contribution in [0.1, 0.15) is 59.6 Å². The largest absolute Gasteiger partial charge is 0.478 e. The summed E-state index contributed by atoms with van der Waals surface area (Å²) >= 11 is 0. The maximum Gasteiger partial charge on any atom is 0.339 e. The van der Waals surface area contributed by atoms with E-state index in [0.29, 0.717) is 18.0 Å². The van der Waals surface area contributed by atoms with Gasteiger partial charge in [-0.05, 0) is 18.4 Å². The maximum atomic E-state index is 11.5. The molecule has 1 aliphatic carbocycles. The number of carbonyl (C=O) groups is 1. The van der Waals surface area contributed by atoms with Crippen LogP contribution < -0.4 is 0 Å². The van der Waals surface area contributed by atoms with Gasteiger partial charge in [-0.1, -0.05) is 49.6 Å². The minimum Gasteiger partial charge on any atom is -0.478 e. The number of carboxylic acid groups (broad SMARTS) is 1. The lowest BCUT2D eigenvalue weighted by Crippen LogP contribution is -2.10. The Morgan fingerprint density at radius 3 is 2.57 bits per heavy atom. The molecule has 4 heteroatoms. The third kappa shape index (κ3) is 3.15. The fourth-order valence-electron chi connectivity index (χ4n) is 3.13. The van der Waals surface area contributed by atoms with Gasteiger partial charge in [0.15, 0.2) is 0 Å². The molecule has 3 rings (SSSR count). The third-order valence-electron chi connectivity index (χ3n) is 4.20. The molecule has 0 spiro atoms. The maximum absolute atomic E-state index is 11.5. The highest BCUT2D eigenvalue weighted by molar-refractivity contribution is 5.88. The zero-order valence-electron chi connectivity index (χ0n) is 12.0. The lowest BCUT2D eigenvalue weighted by atomic mass is 9.85. The van der Waals surface area contributed by atoms with E-state index >= 15 is 0 Å². The van der Waals surface area contributed by atoms with E-state index in [4.69, 9.17) is 0 Å². The van der Waals surface area contributed by atoms with E-state index in [1.54, 1.807) is 10.9 Å². The van der Waals surface area contributed by atoms with Crippen molar-refractivity contribution in [3.05, 3.63) is 53.3 Å². The second-order valence-electron chi connectivity index (χ2n) is 5.75. The number of hydrogen-bond acceptors (Lipinski definition) is 2. The molecule has 21 heavy (non-hydrogen) atoms.